The summed E-state index contributed by atoms with van der Waals surface area (Å²) in [4.78, 5) is 0. The van der Waals surface area contributed by atoms with Crippen molar-refractivity contribution in [1.29, 1.82) is 0 Å². The molecular weight excluding hydrogens is 318 g/mol. The van der Waals surface area contributed by atoms with Crippen LogP contribution in [0.5, 0.6) is 0 Å². The van der Waals surface area contributed by atoms with Gasteiger partial charge in [0.15, 0.2) is 0 Å². The number of hydrogen-bond donors (Lipinski definition) is 1. The number of nitrogens with zero attached hydrogens (tertiary/aromatic N) is 2. The van der Waals surface area contributed by atoms with Gasteiger partial charge in [-0.1, -0.05) is 42.5 Å². The molecule has 0 fully saturated rings. The molecule has 0 unspecified atom stereocenters. The van der Waals surface area contributed by atoms with E-state index in [1.165, 1.54) is 0 Å². The highest BCUT2D eigenvalue weighted by atomic mass is 35.5. The van der Waals surface area contributed by atoms with E-state index in [0.717, 1.165) is 41.0 Å². The van der Waals surface area contributed by atoms with Crippen molar-refractivity contribution in [2.45, 2.75) is 19.9 Å². The van der Waals surface area contributed by atoms with E-state index >= 15 is 0 Å². The van der Waals surface area contributed by atoms with E-state index in [1.807, 2.05) is 59.4 Å². The molecule has 0 aliphatic rings. The molecule has 0 aliphatic heterocycles. The Morgan fingerprint density at radius 1 is 1.12 bits per heavy atom. The van der Waals surface area contributed by atoms with Crippen LogP contribution in [0.2, 0.25) is 5.02 Å². The van der Waals surface area contributed by atoms with E-state index in [9.17, 15) is 0 Å². The molecule has 0 bridgehead atoms. The van der Waals surface area contributed by atoms with Crippen molar-refractivity contribution in [3.63, 3.8) is 0 Å². The van der Waals surface area contributed by atoms with Gasteiger partial charge in [-0.05, 0) is 42.8 Å². The molecule has 0 spiro atoms. The molecule has 1 aromatic heterocycles. The smallest absolute Gasteiger partial charge is 0.108 e. The zero-order valence-corrected chi connectivity index (χ0v) is 14.2. The lowest BCUT2D eigenvalue weighted by Gasteiger charge is -1.99. The topological polar surface area (TPSA) is 43.8 Å². The summed E-state index contributed by atoms with van der Waals surface area (Å²) in [7, 11) is 0. The van der Waals surface area contributed by atoms with E-state index < -0.39 is 0 Å². The van der Waals surface area contributed by atoms with Crippen LogP contribution in [0.15, 0.2) is 54.7 Å². The van der Waals surface area contributed by atoms with Crippen LogP contribution in [0.1, 0.15) is 24.5 Å². The zero-order valence-electron chi connectivity index (χ0n) is 13.5. The van der Waals surface area contributed by atoms with Gasteiger partial charge in [-0.25, -0.2) is 0 Å². The first-order chi connectivity index (χ1) is 11.7. The van der Waals surface area contributed by atoms with Gasteiger partial charge in [-0.2, -0.15) is 5.10 Å². The monoisotopic (exact) mass is 335 g/mol. The normalized spacial score (nSPS) is 10.2. The van der Waals surface area contributed by atoms with Gasteiger partial charge in [0, 0.05) is 34.6 Å². The molecule has 2 N–H and O–H groups in total. The Kier molecular flexibility index (Phi) is 4.88. The Morgan fingerprint density at radius 3 is 2.62 bits per heavy atom. The number of rotatable bonds is 3. The predicted molar refractivity (Wildman–Crippen MR) is 99.8 cm³/mol. The summed E-state index contributed by atoms with van der Waals surface area (Å²) in [5, 5.41) is 5.36. The van der Waals surface area contributed by atoms with E-state index in [4.69, 9.17) is 17.3 Å². The summed E-state index contributed by atoms with van der Waals surface area (Å²) in [5.41, 5.74) is 10.1. The third-order valence-corrected chi connectivity index (χ3v) is 3.80. The highest BCUT2D eigenvalue weighted by Crippen LogP contribution is 2.24. The quantitative estimate of drug-likeness (QED) is 0.561. The second kappa shape index (κ2) is 7.25. The van der Waals surface area contributed by atoms with Gasteiger partial charge in [0.1, 0.15) is 5.69 Å². The third kappa shape index (κ3) is 3.79. The van der Waals surface area contributed by atoms with Crippen LogP contribution in [-0.4, -0.2) is 9.78 Å². The lowest BCUT2D eigenvalue weighted by molar-refractivity contribution is 0.604. The highest BCUT2D eigenvalue weighted by Gasteiger charge is 2.10. The van der Waals surface area contributed by atoms with Gasteiger partial charge >= 0.3 is 0 Å². The number of nitrogens with two attached hydrogens (primary N) is 1. The van der Waals surface area contributed by atoms with Crippen LogP contribution in [0, 0.1) is 11.8 Å². The number of hydrogen-bond acceptors (Lipinski definition) is 2. The second-order valence-electron chi connectivity index (χ2n) is 5.54. The van der Waals surface area contributed by atoms with Crippen molar-refractivity contribution in [1.82, 2.24) is 9.78 Å². The summed E-state index contributed by atoms with van der Waals surface area (Å²) >= 11 is 6.12. The minimum Gasteiger partial charge on any atom is -0.399 e. The fourth-order valence-electron chi connectivity index (χ4n) is 2.41. The molecule has 0 aliphatic carbocycles. The van der Waals surface area contributed by atoms with Gasteiger partial charge < -0.3 is 5.73 Å². The second-order valence-corrected chi connectivity index (χ2v) is 5.97. The molecular formula is C20H18ClN3. The van der Waals surface area contributed by atoms with E-state index in [0.29, 0.717) is 5.02 Å². The SMILES string of the molecule is CCCn1cc(C#Cc2ccc(N)cc2)c(-c2cccc(Cl)c2)n1. The molecule has 3 aromatic rings. The number of anilines is 1. The van der Waals surface area contributed by atoms with Crippen molar-refractivity contribution in [3.8, 4) is 23.1 Å². The van der Waals surface area contributed by atoms with Crippen LogP contribution < -0.4 is 5.73 Å². The van der Waals surface area contributed by atoms with E-state index in [1.54, 1.807) is 0 Å². The van der Waals surface area contributed by atoms with Crippen molar-refractivity contribution >= 4 is 17.3 Å². The molecule has 0 saturated heterocycles. The minimum atomic E-state index is 0.690. The molecule has 24 heavy (non-hydrogen) atoms. The number of nitrogen functional groups attached to an aromatic ring is 1. The van der Waals surface area contributed by atoms with Gasteiger partial charge in [-0.3, -0.25) is 4.68 Å². The van der Waals surface area contributed by atoms with Gasteiger partial charge in [0.25, 0.3) is 0 Å². The fourth-order valence-corrected chi connectivity index (χ4v) is 2.60. The third-order valence-electron chi connectivity index (χ3n) is 3.56. The maximum Gasteiger partial charge on any atom is 0.108 e. The Bertz CT molecular complexity index is 899. The summed E-state index contributed by atoms with van der Waals surface area (Å²) in [6.45, 7) is 2.98. The van der Waals surface area contributed by atoms with Crippen molar-refractivity contribution in [2.24, 2.45) is 0 Å². The summed E-state index contributed by atoms with van der Waals surface area (Å²) in [6.07, 6.45) is 3.01. The van der Waals surface area contributed by atoms with Crippen molar-refractivity contribution in [2.75, 3.05) is 5.73 Å². The minimum absolute atomic E-state index is 0.690. The first-order valence-electron chi connectivity index (χ1n) is 7.86. The number of halogens is 1. The Labute approximate surface area is 147 Å². The lowest BCUT2D eigenvalue weighted by Crippen LogP contribution is -1.96. The average molecular weight is 336 g/mol. The molecule has 0 atom stereocenters. The number of aryl methyl sites for hydroxylation is 1. The Hall–Kier alpha value is -2.70. The largest absolute Gasteiger partial charge is 0.399 e. The van der Waals surface area contributed by atoms with Gasteiger partial charge in [0.05, 0.1) is 5.56 Å². The van der Waals surface area contributed by atoms with Gasteiger partial charge in [-0.15, -0.1) is 0 Å². The first kappa shape index (κ1) is 16.2. The number of benzene rings is 2. The van der Waals surface area contributed by atoms with Crippen molar-refractivity contribution in [3.05, 3.63) is 70.9 Å². The lowest BCUT2D eigenvalue weighted by atomic mass is 10.1. The molecule has 0 radical (unpaired) electrons. The summed E-state index contributed by atoms with van der Waals surface area (Å²) < 4.78 is 1.93. The maximum absolute atomic E-state index is 6.12. The molecule has 120 valence electrons. The number of aromatic nitrogens is 2. The molecule has 0 amide bonds. The molecule has 1 heterocycles. The van der Waals surface area contributed by atoms with Crippen LogP contribution in [-0.2, 0) is 6.54 Å². The Morgan fingerprint density at radius 2 is 1.92 bits per heavy atom. The van der Waals surface area contributed by atoms with E-state index in [-0.39, 0.29) is 0 Å². The summed E-state index contributed by atoms with van der Waals surface area (Å²) in [6, 6.07) is 15.2. The fraction of sp³-hybridized carbons (Fsp3) is 0.150. The molecule has 3 nitrogen and oxygen atoms in total. The first-order valence-corrected chi connectivity index (χ1v) is 8.24. The van der Waals surface area contributed by atoms with Crippen LogP contribution in [0.4, 0.5) is 5.69 Å². The molecule has 2 aromatic carbocycles. The maximum atomic E-state index is 6.12. The highest BCUT2D eigenvalue weighted by molar-refractivity contribution is 6.30. The average Bonchev–Trinajstić information content (AvgIpc) is 2.98. The molecule has 0 saturated carbocycles. The van der Waals surface area contributed by atoms with Gasteiger partial charge in [0.2, 0.25) is 0 Å². The Balaban J connectivity index is 2.02. The molecule has 4 heteroatoms. The van der Waals surface area contributed by atoms with Crippen LogP contribution in [0.3, 0.4) is 0 Å². The molecule has 3 rings (SSSR count). The van der Waals surface area contributed by atoms with E-state index in [2.05, 4.69) is 23.9 Å². The zero-order chi connectivity index (χ0) is 16.9. The standard InChI is InChI=1S/C20H18ClN3/c1-2-12-24-14-17(9-6-15-7-10-19(22)11-8-15)20(23-24)16-4-3-5-18(21)13-16/h3-5,7-8,10-11,13-14H,2,12,22H2,1H3. The van der Waals surface area contributed by atoms with Crippen molar-refractivity contribution < 1.29 is 0 Å². The van der Waals surface area contributed by atoms with Crippen LogP contribution >= 0.6 is 11.6 Å². The summed E-state index contributed by atoms with van der Waals surface area (Å²) in [5.74, 6) is 6.41. The van der Waals surface area contributed by atoms with Crippen LogP contribution in [0.25, 0.3) is 11.3 Å². The predicted octanol–water partition coefficient (Wildman–Crippen LogP) is 4.60.